The maximum Gasteiger partial charge on any atom is 0.250 e. The van der Waals surface area contributed by atoms with E-state index in [9.17, 15) is 4.79 Å². The van der Waals surface area contributed by atoms with Crippen molar-refractivity contribution in [1.82, 2.24) is 15.3 Å². The van der Waals surface area contributed by atoms with Crippen molar-refractivity contribution < 1.29 is 9.21 Å². The van der Waals surface area contributed by atoms with Crippen LogP contribution in [0.15, 0.2) is 108 Å². The van der Waals surface area contributed by atoms with E-state index < -0.39 is 0 Å². The summed E-state index contributed by atoms with van der Waals surface area (Å²) in [7, 11) is 0. The molecule has 0 saturated heterocycles. The molecule has 0 spiro atoms. The zero-order valence-corrected chi connectivity index (χ0v) is 17.0. The molecule has 0 atom stereocenters. The van der Waals surface area contributed by atoms with Crippen molar-refractivity contribution in [2.24, 2.45) is 0 Å². The Hall–Kier alpha value is -4.12. The molecule has 3 aromatic heterocycles. The van der Waals surface area contributed by atoms with Gasteiger partial charge in [0.25, 0.3) is 5.91 Å². The molecule has 0 saturated carbocycles. The van der Waals surface area contributed by atoms with Crippen LogP contribution in [0, 0.1) is 0 Å². The number of H-pyrrole nitrogens is 1. The van der Waals surface area contributed by atoms with E-state index in [1.165, 1.54) is 0 Å². The Morgan fingerprint density at radius 1 is 1.16 bits per heavy atom. The highest BCUT2D eigenvalue weighted by Gasteiger charge is 2.08. The zero-order chi connectivity index (χ0) is 21.5. The van der Waals surface area contributed by atoms with Gasteiger partial charge < -0.3 is 14.7 Å². The number of nitrogens with one attached hydrogen (secondary N) is 2. The summed E-state index contributed by atoms with van der Waals surface area (Å²) in [6.45, 7) is 4.32. The lowest BCUT2D eigenvalue weighted by Crippen LogP contribution is -2.23. The van der Waals surface area contributed by atoms with E-state index in [4.69, 9.17) is 4.42 Å². The summed E-state index contributed by atoms with van der Waals surface area (Å²) in [5, 5.41) is 3.93. The second kappa shape index (κ2) is 9.59. The van der Waals surface area contributed by atoms with Crippen LogP contribution in [0.2, 0.25) is 0 Å². The van der Waals surface area contributed by atoms with Gasteiger partial charge in [0.15, 0.2) is 0 Å². The topological polar surface area (TPSA) is 70.9 Å². The largest absolute Gasteiger partial charge is 0.472 e. The average molecular weight is 409 g/mol. The highest BCUT2D eigenvalue weighted by molar-refractivity contribution is 5.95. The number of amides is 1. The number of hydrogen-bond acceptors (Lipinski definition) is 3. The fraction of sp³-hybridized carbons (Fsp3) is 0.0769. The smallest absolute Gasteiger partial charge is 0.250 e. The van der Waals surface area contributed by atoms with Gasteiger partial charge in [-0.25, -0.2) is 4.98 Å². The number of allylic oxidation sites excluding steroid dienone is 3. The van der Waals surface area contributed by atoms with Crippen LogP contribution in [0.5, 0.6) is 0 Å². The molecule has 4 aromatic rings. The van der Waals surface area contributed by atoms with Crippen molar-refractivity contribution in [3.63, 3.8) is 0 Å². The van der Waals surface area contributed by atoms with Crippen molar-refractivity contribution in [1.29, 1.82) is 0 Å². The molecule has 1 aromatic carbocycles. The Balaban J connectivity index is 1.31. The van der Waals surface area contributed by atoms with Crippen LogP contribution in [0.3, 0.4) is 0 Å². The number of hydrogen-bond donors (Lipinski definition) is 2. The molecule has 5 nitrogen and oxygen atoms in total. The van der Waals surface area contributed by atoms with E-state index in [0.717, 1.165) is 39.7 Å². The molecule has 0 aliphatic heterocycles. The second-order valence-electron chi connectivity index (χ2n) is 7.14. The van der Waals surface area contributed by atoms with Gasteiger partial charge in [0, 0.05) is 41.0 Å². The lowest BCUT2D eigenvalue weighted by Gasteiger charge is -2.04. The molecule has 31 heavy (non-hydrogen) atoms. The van der Waals surface area contributed by atoms with Gasteiger partial charge in [-0.1, -0.05) is 61.2 Å². The second-order valence-corrected chi connectivity index (χ2v) is 7.14. The predicted molar refractivity (Wildman–Crippen MR) is 123 cm³/mol. The number of furan rings is 1. The lowest BCUT2D eigenvalue weighted by atomic mass is 10.1. The van der Waals surface area contributed by atoms with Crippen LogP contribution in [0.1, 0.15) is 11.1 Å². The van der Waals surface area contributed by atoms with Crippen LogP contribution >= 0.6 is 0 Å². The van der Waals surface area contributed by atoms with Crippen LogP contribution in [0.25, 0.3) is 22.2 Å². The number of pyridine rings is 1. The third kappa shape index (κ3) is 5.08. The normalized spacial score (nSPS) is 11.5. The van der Waals surface area contributed by atoms with Gasteiger partial charge in [0.2, 0.25) is 0 Å². The van der Waals surface area contributed by atoms with Crippen LogP contribution < -0.4 is 5.32 Å². The highest BCUT2D eigenvalue weighted by Crippen LogP contribution is 2.28. The Kier molecular flexibility index (Phi) is 6.24. The number of benzene rings is 1. The van der Waals surface area contributed by atoms with E-state index >= 15 is 0 Å². The molecule has 0 radical (unpaired) electrons. The molecular weight excluding hydrogens is 386 g/mol. The van der Waals surface area contributed by atoms with Gasteiger partial charge >= 0.3 is 0 Å². The number of aromatic nitrogens is 2. The van der Waals surface area contributed by atoms with E-state index in [1.807, 2.05) is 67.0 Å². The molecule has 3 heterocycles. The molecule has 0 bridgehead atoms. The van der Waals surface area contributed by atoms with Crippen LogP contribution in [-0.2, 0) is 17.8 Å². The molecule has 1 amide bonds. The first-order chi connectivity index (χ1) is 15.2. The lowest BCUT2D eigenvalue weighted by molar-refractivity contribution is -0.117. The van der Waals surface area contributed by atoms with Crippen LogP contribution in [-0.4, -0.2) is 15.9 Å². The van der Waals surface area contributed by atoms with E-state index in [2.05, 4.69) is 27.9 Å². The minimum Gasteiger partial charge on any atom is -0.472 e. The summed E-state index contributed by atoms with van der Waals surface area (Å²) >= 11 is 0. The number of carbonyl (C=O) groups excluding carboxylic acids is 1. The van der Waals surface area contributed by atoms with Crippen LogP contribution in [0.4, 0.5) is 0 Å². The summed E-state index contributed by atoms with van der Waals surface area (Å²) in [5.74, 6) is -0.178. The summed E-state index contributed by atoms with van der Waals surface area (Å²) in [6.07, 6.45) is 15.4. The molecular formula is C26H23N3O2. The van der Waals surface area contributed by atoms with Gasteiger partial charge in [-0.2, -0.15) is 0 Å². The van der Waals surface area contributed by atoms with Gasteiger partial charge in [-0.05, 0) is 29.7 Å². The third-order valence-electron chi connectivity index (χ3n) is 4.91. The number of rotatable bonds is 8. The maximum absolute atomic E-state index is 12.1. The number of fused-ring (bicyclic) bond motifs is 1. The highest BCUT2D eigenvalue weighted by atomic mass is 16.3. The summed E-state index contributed by atoms with van der Waals surface area (Å²) in [4.78, 5) is 19.8. The standard InChI is InChI=1S/C26H23N3O2/c1-19(26(30)29-15-20-9-5-3-6-10-20)8-4-2-7-11-21-14-23-24(22-12-13-31-18-22)17-28-25(23)27-16-21/h2-10,12-14,16-18H,1,11,15H2,(H,27,28)(H,29,30)/b7-2-,8-4-. The fourth-order valence-electron chi connectivity index (χ4n) is 3.24. The maximum atomic E-state index is 12.1. The Bertz CT molecular complexity index is 1230. The van der Waals surface area contributed by atoms with Crippen molar-refractivity contribution >= 4 is 16.9 Å². The van der Waals surface area contributed by atoms with E-state index in [-0.39, 0.29) is 5.91 Å². The van der Waals surface area contributed by atoms with E-state index in [0.29, 0.717) is 12.1 Å². The molecule has 4 rings (SSSR count). The summed E-state index contributed by atoms with van der Waals surface area (Å²) < 4.78 is 5.19. The van der Waals surface area contributed by atoms with Crippen molar-refractivity contribution in [2.45, 2.75) is 13.0 Å². The van der Waals surface area contributed by atoms with Gasteiger partial charge in [-0.3, -0.25) is 4.79 Å². The molecule has 2 N–H and O–H groups in total. The first-order valence-corrected chi connectivity index (χ1v) is 10.0. The Labute approximate surface area is 180 Å². The first-order valence-electron chi connectivity index (χ1n) is 10.0. The quantitative estimate of drug-likeness (QED) is 0.304. The fourth-order valence-corrected chi connectivity index (χ4v) is 3.24. The van der Waals surface area contributed by atoms with Gasteiger partial charge in [0.1, 0.15) is 5.65 Å². The predicted octanol–water partition coefficient (Wildman–Crippen LogP) is 5.35. The van der Waals surface area contributed by atoms with E-state index in [1.54, 1.807) is 18.6 Å². The van der Waals surface area contributed by atoms with Crippen molar-refractivity contribution in [3.8, 4) is 11.1 Å². The first kappa shape index (κ1) is 20.2. The van der Waals surface area contributed by atoms with Gasteiger partial charge in [0.05, 0.1) is 12.5 Å². The van der Waals surface area contributed by atoms with Crippen molar-refractivity contribution in [2.75, 3.05) is 0 Å². The molecule has 0 aliphatic rings. The summed E-state index contributed by atoms with van der Waals surface area (Å²) in [5.41, 5.74) is 5.51. The minimum atomic E-state index is -0.178. The average Bonchev–Trinajstić information content (AvgIpc) is 3.47. The number of aromatic amines is 1. The Morgan fingerprint density at radius 3 is 2.84 bits per heavy atom. The third-order valence-corrected chi connectivity index (χ3v) is 4.91. The summed E-state index contributed by atoms with van der Waals surface area (Å²) in [6, 6.07) is 13.8. The number of carbonyl (C=O) groups is 1. The molecule has 0 unspecified atom stereocenters. The Morgan fingerprint density at radius 2 is 2.03 bits per heavy atom. The SMILES string of the molecule is C=C(/C=C\C=C/Cc1cnc2[nH]cc(-c3ccoc3)c2c1)C(=O)NCc1ccccc1. The van der Waals surface area contributed by atoms with Crippen molar-refractivity contribution in [3.05, 3.63) is 115 Å². The minimum absolute atomic E-state index is 0.178. The molecule has 0 aliphatic carbocycles. The van der Waals surface area contributed by atoms with Gasteiger partial charge in [-0.15, -0.1) is 0 Å². The molecule has 5 heteroatoms. The molecule has 0 fully saturated rings. The number of nitrogens with zero attached hydrogens (tertiary/aromatic N) is 1. The monoisotopic (exact) mass is 409 g/mol. The molecule has 154 valence electrons. The zero-order valence-electron chi connectivity index (χ0n) is 17.0.